The molecule has 0 saturated heterocycles. The van der Waals surface area contributed by atoms with Crippen molar-refractivity contribution >= 4 is 11.5 Å². The monoisotopic (exact) mass is 376 g/mol. The fourth-order valence-corrected chi connectivity index (χ4v) is 2.17. The smallest absolute Gasteiger partial charge is 0.310 e. The van der Waals surface area contributed by atoms with Gasteiger partial charge in [-0.05, 0) is 45.0 Å². The van der Waals surface area contributed by atoms with E-state index in [0.29, 0.717) is 23.6 Å². The van der Waals surface area contributed by atoms with E-state index < -0.39 is 11.0 Å². The molecule has 10 nitrogen and oxygen atoms in total. The highest BCUT2D eigenvalue weighted by Gasteiger charge is 2.19. The number of rotatable bonds is 8. The number of hydrogen-bond acceptors (Lipinski definition) is 9. The van der Waals surface area contributed by atoms with Crippen LogP contribution in [0.3, 0.4) is 0 Å². The fraction of sp³-hybridized carbons (Fsp3) is 0.412. The molecule has 2 aromatic rings. The molecular weight excluding hydrogens is 352 g/mol. The number of β-amino-alcohol motifs (C(OH)–C–C–N with tert-alkyl or cyclic N) is 1. The van der Waals surface area contributed by atoms with Gasteiger partial charge in [0, 0.05) is 23.7 Å². The van der Waals surface area contributed by atoms with Gasteiger partial charge in [-0.15, -0.1) is 10.2 Å². The summed E-state index contributed by atoms with van der Waals surface area (Å²) >= 11 is 0. The lowest BCUT2D eigenvalue weighted by molar-refractivity contribution is -0.385. The van der Waals surface area contributed by atoms with Gasteiger partial charge >= 0.3 is 5.69 Å². The van der Waals surface area contributed by atoms with Crippen molar-refractivity contribution in [3.8, 4) is 17.0 Å². The highest BCUT2D eigenvalue weighted by Crippen LogP contribution is 2.31. The van der Waals surface area contributed by atoms with Crippen molar-refractivity contribution < 1.29 is 14.8 Å². The first-order valence-electron chi connectivity index (χ1n) is 8.34. The Balaban J connectivity index is 2.16. The first kappa shape index (κ1) is 20.5. The average molecular weight is 376 g/mol. The molecule has 1 heterocycles. The van der Waals surface area contributed by atoms with Gasteiger partial charge in [0.05, 0.1) is 10.6 Å². The molecule has 1 unspecified atom stereocenters. The van der Waals surface area contributed by atoms with Crippen molar-refractivity contribution in [3.63, 3.8) is 0 Å². The molecule has 2 rings (SSSR count). The van der Waals surface area contributed by atoms with E-state index in [0.717, 1.165) is 0 Å². The summed E-state index contributed by atoms with van der Waals surface area (Å²) in [5.74, 6) is 5.70. The first-order valence-corrected chi connectivity index (χ1v) is 8.34. The quantitative estimate of drug-likeness (QED) is 0.305. The average Bonchev–Trinajstić information content (AvgIpc) is 2.63. The molecule has 1 atom stereocenters. The minimum absolute atomic E-state index is 0.0511. The Labute approximate surface area is 156 Å². The Morgan fingerprint density at radius 1 is 1.30 bits per heavy atom. The van der Waals surface area contributed by atoms with E-state index in [-0.39, 0.29) is 23.6 Å². The van der Waals surface area contributed by atoms with E-state index in [1.165, 1.54) is 12.1 Å². The lowest BCUT2D eigenvalue weighted by Crippen LogP contribution is -2.42. The highest BCUT2D eigenvalue weighted by atomic mass is 16.6. The van der Waals surface area contributed by atoms with E-state index in [9.17, 15) is 15.2 Å². The summed E-state index contributed by atoms with van der Waals surface area (Å²) in [6.07, 6.45) is -0.817. The van der Waals surface area contributed by atoms with E-state index in [2.05, 4.69) is 20.9 Å². The second kappa shape index (κ2) is 8.71. The normalized spacial score (nSPS) is 12.5. The highest BCUT2D eigenvalue weighted by molar-refractivity contribution is 5.65. The number of nitrogen functional groups attached to an aromatic ring is 1. The standard InChI is InChI=1S/C17H24N6O4/c1-17(2,3)19-9-12(24)10-27-15-8-11(4-6-14(15)23(25)26)13-5-7-16(20-18)22-21-13/h4-8,12,19,24H,9-10,18H2,1-3H3,(H,20,22). The van der Waals surface area contributed by atoms with Gasteiger partial charge in [0.1, 0.15) is 12.7 Å². The number of ether oxygens (including phenoxy) is 1. The van der Waals surface area contributed by atoms with Crippen LogP contribution in [0.2, 0.25) is 0 Å². The Kier molecular flexibility index (Phi) is 6.61. The summed E-state index contributed by atoms with van der Waals surface area (Å²) in [4.78, 5) is 10.7. The number of nitro groups is 1. The zero-order chi connectivity index (χ0) is 20.0. The van der Waals surface area contributed by atoms with Crippen molar-refractivity contribution in [1.29, 1.82) is 0 Å². The Morgan fingerprint density at radius 2 is 2.04 bits per heavy atom. The molecule has 0 saturated carbocycles. The lowest BCUT2D eigenvalue weighted by Gasteiger charge is -2.23. The lowest BCUT2D eigenvalue weighted by atomic mass is 10.1. The van der Waals surface area contributed by atoms with Crippen molar-refractivity contribution in [2.45, 2.75) is 32.4 Å². The summed E-state index contributed by atoms with van der Waals surface area (Å²) in [6.45, 7) is 6.13. The topological polar surface area (TPSA) is 148 Å². The van der Waals surface area contributed by atoms with E-state index in [1.54, 1.807) is 18.2 Å². The molecule has 5 N–H and O–H groups in total. The van der Waals surface area contributed by atoms with Crippen LogP contribution in [0, 0.1) is 10.1 Å². The van der Waals surface area contributed by atoms with E-state index >= 15 is 0 Å². The van der Waals surface area contributed by atoms with Crippen LogP contribution in [0.15, 0.2) is 30.3 Å². The van der Waals surface area contributed by atoms with Crippen LogP contribution < -0.4 is 21.3 Å². The van der Waals surface area contributed by atoms with Gasteiger partial charge in [0.25, 0.3) is 0 Å². The number of aromatic nitrogens is 2. The number of benzene rings is 1. The Bertz CT molecular complexity index is 776. The zero-order valence-corrected chi connectivity index (χ0v) is 15.5. The van der Waals surface area contributed by atoms with Crippen molar-refractivity contribution in [2.75, 3.05) is 18.6 Å². The molecule has 0 aliphatic carbocycles. The van der Waals surface area contributed by atoms with Gasteiger partial charge in [0.15, 0.2) is 11.6 Å². The summed E-state index contributed by atoms with van der Waals surface area (Å²) < 4.78 is 5.52. The third-order valence-electron chi connectivity index (χ3n) is 3.56. The first-order chi connectivity index (χ1) is 12.7. The number of nitrogens with zero attached hydrogens (tertiary/aromatic N) is 3. The number of aliphatic hydroxyl groups is 1. The number of anilines is 1. The minimum Gasteiger partial charge on any atom is -0.484 e. The molecular formula is C17H24N6O4. The van der Waals surface area contributed by atoms with Crippen molar-refractivity contribution in [2.24, 2.45) is 5.84 Å². The molecule has 1 aromatic carbocycles. The summed E-state index contributed by atoms with van der Waals surface area (Å²) in [5.41, 5.74) is 3.12. The van der Waals surface area contributed by atoms with Crippen LogP contribution >= 0.6 is 0 Å². The van der Waals surface area contributed by atoms with Crippen LogP contribution in [0.1, 0.15) is 20.8 Å². The maximum absolute atomic E-state index is 11.3. The van der Waals surface area contributed by atoms with E-state index in [4.69, 9.17) is 10.6 Å². The summed E-state index contributed by atoms with van der Waals surface area (Å²) in [6, 6.07) is 7.70. The number of aliphatic hydroxyl groups excluding tert-OH is 1. The number of nitro benzene ring substituents is 1. The number of nitrogens with one attached hydrogen (secondary N) is 2. The molecule has 0 fully saturated rings. The minimum atomic E-state index is -0.817. The van der Waals surface area contributed by atoms with Gasteiger partial charge < -0.3 is 20.6 Å². The van der Waals surface area contributed by atoms with Crippen molar-refractivity contribution in [3.05, 3.63) is 40.4 Å². The van der Waals surface area contributed by atoms with Gasteiger partial charge in [-0.1, -0.05) is 0 Å². The van der Waals surface area contributed by atoms with Crippen LogP contribution in [0.4, 0.5) is 11.5 Å². The van der Waals surface area contributed by atoms with Gasteiger partial charge in [-0.25, -0.2) is 5.84 Å². The van der Waals surface area contributed by atoms with Gasteiger partial charge in [0.2, 0.25) is 0 Å². The molecule has 0 aliphatic heterocycles. The molecule has 0 aliphatic rings. The molecule has 0 amide bonds. The third-order valence-corrected chi connectivity index (χ3v) is 3.56. The summed E-state index contributed by atoms with van der Waals surface area (Å²) in [7, 11) is 0. The molecule has 0 bridgehead atoms. The summed E-state index contributed by atoms with van der Waals surface area (Å²) in [5, 5.41) is 32.3. The van der Waals surface area contributed by atoms with Crippen LogP contribution in [0.5, 0.6) is 5.75 Å². The predicted molar refractivity (Wildman–Crippen MR) is 101 cm³/mol. The van der Waals surface area contributed by atoms with Crippen LogP contribution in [-0.4, -0.2) is 45.0 Å². The molecule has 1 aromatic heterocycles. The van der Waals surface area contributed by atoms with Gasteiger partial charge in [-0.3, -0.25) is 10.1 Å². The number of hydrazine groups is 1. The second-order valence-corrected chi connectivity index (χ2v) is 6.98. The van der Waals surface area contributed by atoms with Crippen LogP contribution in [-0.2, 0) is 0 Å². The second-order valence-electron chi connectivity index (χ2n) is 6.98. The number of hydrogen-bond donors (Lipinski definition) is 4. The largest absolute Gasteiger partial charge is 0.484 e. The van der Waals surface area contributed by atoms with Gasteiger partial charge in [-0.2, -0.15) is 0 Å². The maximum atomic E-state index is 11.3. The fourth-order valence-electron chi connectivity index (χ4n) is 2.17. The molecule has 146 valence electrons. The predicted octanol–water partition coefficient (Wildman–Crippen LogP) is 1.47. The maximum Gasteiger partial charge on any atom is 0.310 e. The number of nitrogens with two attached hydrogens (primary N) is 1. The Hall–Kier alpha value is -2.82. The SMILES string of the molecule is CC(C)(C)NCC(O)COc1cc(-c2ccc(NN)nn2)ccc1[N+](=O)[O-]. The molecule has 0 spiro atoms. The zero-order valence-electron chi connectivity index (χ0n) is 15.5. The molecule has 27 heavy (non-hydrogen) atoms. The van der Waals surface area contributed by atoms with Crippen molar-refractivity contribution in [1.82, 2.24) is 15.5 Å². The van der Waals surface area contributed by atoms with E-state index in [1.807, 2.05) is 20.8 Å². The molecule has 0 radical (unpaired) electrons. The third kappa shape index (κ3) is 6.13. The Morgan fingerprint density at radius 3 is 2.59 bits per heavy atom. The molecule has 10 heteroatoms. The van der Waals surface area contributed by atoms with Crippen LogP contribution in [0.25, 0.3) is 11.3 Å².